The van der Waals surface area contributed by atoms with E-state index in [-0.39, 0.29) is 17.5 Å². The first kappa shape index (κ1) is 17.8. The molecule has 1 N–H and O–H groups in total. The van der Waals surface area contributed by atoms with Crippen molar-refractivity contribution in [3.63, 3.8) is 0 Å². The van der Waals surface area contributed by atoms with E-state index in [1.165, 1.54) is 49.8 Å². The summed E-state index contributed by atoms with van der Waals surface area (Å²) in [5.41, 5.74) is 2.41. The van der Waals surface area contributed by atoms with Gasteiger partial charge in [-0.2, -0.15) is 5.10 Å². The van der Waals surface area contributed by atoms with Crippen LogP contribution in [0, 0.1) is 5.92 Å². The van der Waals surface area contributed by atoms with Crippen molar-refractivity contribution in [2.24, 2.45) is 5.92 Å². The van der Waals surface area contributed by atoms with Crippen LogP contribution in [0.4, 0.5) is 0 Å². The molecule has 142 valence electrons. The zero-order chi connectivity index (χ0) is 18.8. The number of fused-ring (bicyclic) bond motifs is 1. The van der Waals surface area contributed by atoms with Crippen molar-refractivity contribution in [3.05, 3.63) is 57.5 Å². The predicted octanol–water partition coefficient (Wildman–Crippen LogP) is 2.93. The summed E-state index contributed by atoms with van der Waals surface area (Å²) in [6.45, 7) is 0.549. The number of methoxy groups -OCH3 is 1. The van der Waals surface area contributed by atoms with E-state index in [1.54, 1.807) is 7.11 Å². The van der Waals surface area contributed by atoms with Crippen LogP contribution in [0.25, 0.3) is 0 Å². The van der Waals surface area contributed by atoms with Gasteiger partial charge in [-0.05, 0) is 54.5 Å². The Kier molecular flexibility index (Phi) is 4.97. The molecular weight excluding hydrogens is 342 g/mol. The Morgan fingerprint density at radius 3 is 2.67 bits per heavy atom. The zero-order valence-electron chi connectivity index (χ0n) is 15.6. The molecule has 1 aromatic heterocycles. The van der Waals surface area contributed by atoms with Gasteiger partial charge in [-0.1, -0.05) is 25.3 Å². The summed E-state index contributed by atoms with van der Waals surface area (Å²) in [6.07, 6.45) is 6.94. The third kappa shape index (κ3) is 3.61. The highest BCUT2D eigenvalue weighted by Gasteiger charge is 2.36. The highest BCUT2D eigenvalue weighted by Crippen LogP contribution is 2.36. The largest absolute Gasteiger partial charge is 0.497 e. The van der Waals surface area contributed by atoms with E-state index >= 15 is 0 Å². The van der Waals surface area contributed by atoms with Crippen LogP contribution in [0.1, 0.15) is 53.7 Å². The molecule has 1 unspecified atom stereocenters. The van der Waals surface area contributed by atoms with Crippen molar-refractivity contribution in [2.75, 3.05) is 7.11 Å². The van der Waals surface area contributed by atoms with Crippen molar-refractivity contribution >= 4 is 5.91 Å². The molecule has 0 saturated heterocycles. The lowest BCUT2D eigenvalue weighted by molar-refractivity contribution is 0.0506. The number of H-pyrrole nitrogens is 1. The molecule has 1 amide bonds. The number of rotatable bonds is 3. The Labute approximate surface area is 158 Å². The topological polar surface area (TPSA) is 75.3 Å². The third-order valence-corrected chi connectivity index (χ3v) is 5.94. The first-order chi connectivity index (χ1) is 13.2. The van der Waals surface area contributed by atoms with Crippen molar-refractivity contribution in [1.82, 2.24) is 15.1 Å². The summed E-state index contributed by atoms with van der Waals surface area (Å²) in [5.74, 6) is 1.20. The van der Waals surface area contributed by atoms with Gasteiger partial charge in [0.15, 0.2) is 0 Å². The maximum absolute atomic E-state index is 13.2. The number of ether oxygens (including phenoxy) is 1. The average Bonchev–Trinajstić information content (AvgIpc) is 2.73. The summed E-state index contributed by atoms with van der Waals surface area (Å²) in [4.78, 5) is 26.5. The lowest BCUT2D eigenvalue weighted by Gasteiger charge is -2.42. The average molecular weight is 367 g/mol. The van der Waals surface area contributed by atoms with Crippen LogP contribution in [-0.4, -0.2) is 34.2 Å². The number of aromatic nitrogens is 2. The fourth-order valence-corrected chi connectivity index (χ4v) is 4.49. The molecule has 1 aliphatic carbocycles. The maximum Gasteiger partial charge on any atom is 0.274 e. The molecule has 0 radical (unpaired) electrons. The van der Waals surface area contributed by atoms with Crippen LogP contribution >= 0.6 is 0 Å². The molecule has 27 heavy (non-hydrogen) atoms. The first-order valence-corrected chi connectivity index (χ1v) is 9.68. The highest BCUT2D eigenvalue weighted by molar-refractivity contribution is 5.92. The number of amides is 1. The molecule has 1 aromatic carbocycles. The van der Waals surface area contributed by atoms with E-state index in [0.29, 0.717) is 18.2 Å². The number of benzene rings is 1. The minimum atomic E-state index is -0.302. The van der Waals surface area contributed by atoms with Gasteiger partial charge >= 0.3 is 0 Å². The number of hydrogen-bond donors (Lipinski definition) is 1. The minimum Gasteiger partial charge on any atom is -0.497 e. The molecule has 1 saturated carbocycles. The summed E-state index contributed by atoms with van der Waals surface area (Å²) in [5, 5.41) is 6.35. The molecule has 1 atom stereocenters. The van der Waals surface area contributed by atoms with Crippen molar-refractivity contribution in [3.8, 4) is 5.75 Å². The van der Waals surface area contributed by atoms with Gasteiger partial charge in [-0.25, -0.2) is 5.10 Å². The number of carbonyl (C=O) groups excluding carboxylic acids is 1. The van der Waals surface area contributed by atoms with Gasteiger partial charge in [0.1, 0.15) is 11.4 Å². The monoisotopic (exact) mass is 367 g/mol. The molecule has 2 heterocycles. The normalized spacial score (nSPS) is 20.2. The highest BCUT2D eigenvalue weighted by atomic mass is 16.5. The number of hydrogen-bond acceptors (Lipinski definition) is 4. The van der Waals surface area contributed by atoms with E-state index in [1.807, 2.05) is 17.0 Å². The van der Waals surface area contributed by atoms with Crippen LogP contribution in [0.5, 0.6) is 5.75 Å². The van der Waals surface area contributed by atoms with Gasteiger partial charge in [0.05, 0.1) is 7.11 Å². The molecule has 2 aliphatic rings. The van der Waals surface area contributed by atoms with Crippen LogP contribution in [0.3, 0.4) is 0 Å². The molecule has 0 spiro atoms. The van der Waals surface area contributed by atoms with Crippen molar-refractivity contribution in [1.29, 1.82) is 0 Å². The third-order valence-electron chi connectivity index (χ3n) is 5.94. The van der Waals surface area contributed by atoms with Gasteiger partial charge in [0.25, 0.3) is 11.5 Å². The number of nitrogens with zero attached hydrogens (tertiary/aromatic N) is 2. The summed E-state index contributed by atoms with van der Waals surface area (Å²) in [6, 6.07) is 9.19. The maximum atomic E-state index is 13.2. The predicted molar refractivity (Wildman–Crippen MR) is 102 cm³/mol. The summed E-state index contributed by atoms with van der Waals surface area (Å²) >= 11 is 0. The number of nitrogens with one attached hydrogen (secondary N) is 1. The second-order valence-corrected chi connectivity index (χ2v) is 7.54. The summed E-state index contributed by atoms with van der Waals surface area (Å²) < 4.78 is 5.36. The second-order valence-electron chi connectivity index (χ2n) is 7.54. The van der Waals surface area contributed by atoms with Gasteiger partial charge in [0, 0.05) is 18.7 Å². The van der Waals surface area contributed by atoms with Crippen LogP contribution in [-0.2, 0) is 13.0 Å². The van der Waals surface area contributed by atoms with Gasteiger partial charge in [0.2, 0.25) is 0 Å². The molecule has 0 bridgehead atoms. The quantitative estimate of drug-likeness (QED) is 0.905. The molecule has 6 heteroatoms. The van der Waals surface area contributed by atoms with Crippen LogP contribution in [0.15, 0.2) is 35.1 Å². The van der Waals surface area contributed by atoms with Crippen LogP contribution < -0.4 is 10.3 Å². The Bertz CT molecular complexity index is 866. The summed E-state index contributed by atoms with van der Waals surface area (Å²) in [7, 11) is 1.66. The zero-order valence-corrected chi connectivity index (χ0v) is 15.6. The smallest absolute Gasteiger partial charge is 0.274 e. The van der Waals surface area contributed by atoms with E-state index < -0.39 is 0 Å². The SMILES string of the molecule is COc1ccc2c(c1)CN(C(=O)c1ccc(=O)[nH]n1)C(C1CCCCC1)C2. The lowest BCUT2D eigenvalue weighted by Crippen LogP contribution is -2.49. The standard InChI is InChI=1S/C21H25N3O3/c1-27-17-8-7-15-12-19(14-5-3-2-4-6-14)24(13-16(15)11-17)21(26)18-9-10-20(25)23-22-18/h7-11,14,19H,2-6,12-13H2,1H3,(H,23,25). The molecule has 1 fully saturated rings. The molecule has 6 nitrogen and oxygen atoms in total. The number of aromatic amines is 1. The Morgan fingerprint density at radius 1 is 1.15 bits per heavy atom. The van der Waals surface area contributed by atoms with Gasteiger partial charge in [-0.15, -0.1) is 0 Å². The van der Waals surface area contributed by atoms with E-state index in [9.17, 15) is 9.59 Å². The lowest BCUT2D eigenvalue weighted by atomic mass is 9.78. The Balaban J connectivity index is 1.68. The van der Waals surface area contributed by atoms with Gasteiger partial charge < -0.3 is 9.64 Å². The Hall–Kier alpha value is -2.63. The molecule has 4 rings (SSSR count). The molecule has 1 aliphatic heterocycles. The van der Waals surface area contributed by atoms with Crippen molar-refractivity contribution in [2.45, 2.75) is 51.1 Å². The fraction of sp³-hybridized carbons (Fsp3) is 0.476. The first-order valence-electron chi connectivity index (χ1n) is 9.68. The molecule has 2 aromatic rings. The molecular formula is C21H25N3O3. The Morgan fingerprint density at radius 2 is 1.96 bits per heavy atom. The van der Waals surface area contributed by atoms with Crippen molar-refractivity contribution < 1.29 is 9.53 Å². The van der Waals surface area contributed by atoms with E-state index in [2.05, 4.69) is 16.3 Å². The fourth-order valence-electron chi connectivity index (χ4n) is 4.49. The minimum absolute atomic E-state index is 0.115. The second kappa shape index (κ2) is 7.55. The van der Waals surface area contributed by atoms with E-state index in [4.69, 9.17) is 4.74 Å². The van der Waals surface area contributed by atoms with Gasteiger partial charge in [-0.3, -0.25) is 9.59 Å². The van der Waals surface area contributed by atoms with Crippen LogP contribution in [0.2, 0.25) is 0 Å². The van der Waals surface area contributed by atoms with E-state index in [0.717, 1.165) is 17.7 Å². The number of carbonyl (C=O) groups is 1.